The normalized spacial score (nSPS) is 15.4. The predicted molar refractivity (Wildman–Crippen MR) is 110 cm³/mol. The number of aromatic nitrogens is 4. The highest BCUT2D eigenvalue weighted by atomic mass is 35.5. The molecule has 0 bridgehead atoms. The summed E-state index contributed by atoms with van der Waals surface area (Å²) in [5.41, 5.74) is 8.31. The third-order valence-corrected chi connectivity index (χ3v) is 5.04. The van der Waals surface area contributed by atoms with Crippen molar-refractivity contribution in [3.8, 4) is 11.5 Å². The number of tetrazole rings is 1. The first kappa shape index (κ1) is 19.7. The zero-order chi connectivity index (χ0) is 21.3. The summed E-state index contributed by atoms with van der Waals surface area (Å²) >= 11 is 5.92. The summed E-state index contributed by atoms with van der Waals surface area (Å²) in [6, 6.07) is 12.2. The molecule has 2 heterocycles. The van der Waals surface area contributed by atoms with Crippen molar-refractivity contribution < 1.29 is 14.3 Å². The van der Waals surface area contributed by atoms with E-state index >= 15 is 0 Å². The number of carbonyl (C=O) groups excluding carboxylic acids is 1. The van der Waals surface area contributed by atoms with Crippen molar-refractivity contribution in [3.63, 3.8) is 0 Å². The quantitative estimate of drug-likeness (QED) is 0.622. The number of fused-ring (bicyclic) bond motifs is 1. The molecule has 0 fully saturated rings. The van der Waals surface area contributed by atoms with E-state index in [1.54, 1.807) is 26.2 Å². The van der Waals surface area contributed by atoms with E-state index in [2.05, 4.69) is 20.8 Å². The molecule has 0 saturated carbocycles. The molecular formula is C20H19ClN6O3. The van der Waals surface area contributed by atoms with Crippen LogP contribution >= 0.6 is 11.6 Å². The van der Waals surface area contributed by atoms with Gasteiger partial charge in [0.1, 0.15) is 12.6 Å². The number of amides is 1. The van der Waals surface area contributed by atoms with Crippen LogP contribution in [0.5, 0.6) is 11.5 Å². The maximum Gasteiger partial charge on any atom is 0.248 e. The average Bonchev–Trinajstić information content (AvgIpc) is 3.20. The Morgan fingerprint density at radius 1 is 1.23 bits per heavy atom. The van der Waals surface area contributed by atoms with Gasteiger partial charge in [0.15, 0.2) is 11.5 Å². The summed E-state index contributed by atoms with van der Waals surface area (Å²) in [7, 11) is 1.55. The minimum absolute atomic E-state index is 0.350. The van der Waals surface area contributed by atoms with E-state index in [1.165, 1.54) is 4.68 Å². The lowest BCUT2D eigenvalue weighted by molar-refractivity contribution is -0.115. The lowest BCUT2D eigenvalue weighted by Crippen LogP contribution is -2.31. The third kappa shape index (κ3) is 3.67. The van der Waals surface area contributed by atoms with Crippen molar-refractivity contribution in [3.05, 3.63) is 69.9 Å². The Morgan fingerprint density at radius 2 is 2.00 bits per heavy atom. The van der Waals surface area contributed by atoms with Crippen LogP contribution in [-0.2, 0) is 11.4 Å². The summed E-state index contributed by atoms with van der Waals surface area (Å²) in [5.74, 6) is 0.928. The van der Waals surface area contributed by atoms with E-state index in [0.717, 1.165) is 11.1 Å². The van der Waals surface area contributed by atoms with Crippen molar-refractivity contribution >= 4 is 23.5 Å². The van der Waals surface area contributed by atoms with Crippen LogP contribution in [0, 0.1) is 0 Å². The van der Waals surface area contributed by atoms with Crippen molar-refractivity contribution in [1.82, 2.24) is 20.2 Å². The molecule has 1 amide bonds. The van der Waals surface area contributed by atoms with Gasteiger partial charge in [0.25, 0.3) is 0 Å². The van der Waals surface area contributed by atoms with Crippen LogP contribution in [0.25, 0.3) is 0 Å². The van der Waals surface area contributed by atoms with Crippen LogP contribution < -0.4 is 20.5 Å². The maximum atomic E-state index is 12.2. The number of nitrogens with two attached hydrogens (primary N) is 1. The first-order chi connectivity index (χ1) is 14.5. The maximum absolute atomic E-state index is 12.2. The molecule has 1 aliphatic heterocycles. The van der Waals surface area contributed by atoms with Crippen molar-refractivity contribution in [2.75, 3.05) is 12.4 Å². The van der Waals surface area contributed by atoms with Gasteiger partial charge in [-0.1, -0.05) is 34.9 Å². The van der Waals surface area contributed by atoms with Gasteiger partial charge in [0.05, 0.1) is 12.7 Å². The Morgan fingerprint density at radius 3 is 2.70 bits per heavy atom. The van der Waals surface area contributed by atoms with Crippen LogP contribution in [0.3, 0.4) is 0 Å². The Labute approximate surface area is 177 Å². The zero-order valence-electron chi connectivity index (χ0n) is 16.3. The number of carbonyl (C=O) groups is 1. The van der Waals surface area contributed by atoms with E-state index in [4.69, 9.17) is 26.8 Å². The highest BCUT2D eigenvalue weighted by Crippen LogP contribution is 2.38. The molecule has 0 aliphatic carbocycles. The van der Waals surface area contributed by atoms with Crippen LogP contribution in [0.15, 0.2) is 53.7 Å². The molecule has 154 valence electrons. The Hall–Kier alpha value is -3.59. The van der Waals surface area contributed by atoms with E-state index < -0.39 is 11.9 Å². The summed E-state index contributed by atoms with van der Waals surface area (Å²) in [6.07, 6.45) is 0. The molecule has 0 spiro atoms. The van der Waals surface area contributed by atoms with Gasteiger partial charge < -0.3 is 20.5 Å². The van der Waals surface area contributed by atoms with E-state index in [0.29, 0.717) is 40.3 Å². The second-order valence-corrected chi connectivity index (χ2v) is 7.14. The molecule has 3 aromatic rings. The summed E-state index contributed by atoms with van der Waals surface area (Å²) in [4.78, 5) is 12.2. The Bertz CT molecular complexity index is 1130. The number of nitrogens with one attached hydrogen (secondary N) is 1. The second kappa shape index (κ2) is 8.03. The summed E-state index contributed by atoms with van der Waals surface area (Å²) in [6.45, 7) is 2.11. The SMILES string of the molecule is COc1cc(C2C(C(N)=O)=C(C)Nc3nnnn32)ccc1OCc1ccc(Cl)cc1. The Kier molecular flexibility index (Phi) is 5.28. The van der Waals surface area contributed by atoms with Crippen molar-refractivity contribution in [2.45, 2.75) is 19.6 Å². The van der Waals surface area contributed by atoms with E-state index in [-0.39, 0.29) is 0 Å². The number of ether oxygens (including phenoxy) is 2. The number of allylic oxidation sites excluding steroid dienone is 1. The van der Waals surface area contributed by atoms with E-state index in [1.807, 2.05) is 30.3 Å². The predicted octanol–water partition coefficient (Wildman–Crippen LogP) is 2.69. The fourth-order valence-electron chi connectivity index (χ4n) is 3.35. The zero-order valence-corrected chi connectivity index (χ0v) is 17.1. The van der Waals surface area contributed by atoms with Gasteiger partial charge in [0, 0.05) is 10.7 Å². The molecule has 3 N–H and O–H groups in total. The number of hydrogen-bond donors (Lipinski definition) is 2. The molecule has 4 rings (SSSR count). The largest absolute Gasteiger partial charge is 0.493 e. The molecule has 30 heavy (non-hydrogen) atoms. The fourth-order valence-corrected chi connectivity index (χ4v) is 3.48. The second-order valence-electron chi connectivity index (χ2n) is 6.70. The van der Waals surface area contributed by atoms with Gasteiger partial charge in [-0.05, 0) is 52.7 Å². The molecule has 1 aromatic heterocycles. The molecule has 10 heteroatoms. The van der Waals surface area contributed by atoms with Crippen molar-refractivity contribution in [2.24, 2.45) is 5.73 Å². The number of hydrogen-bond acceptors (Lipinski definition) is 7. The average molecular weight is 427 g/mol. The van der Waals surface area contributed by atoms with Gasteiger partial charge in [0.2, 0.25) is 11.9 Å². The molecule has 2 aromatic carbocycles. The molecular weight excluding hydrogens is 408 g/mol. The first-order valence-corrected chi connectivity index (χ1v) is 9.46. The monoisotopic (exact) mass is 426 g/mol. The lowest BCUT2D eigenvalue weighted by atomic mass is 9.95. The molecule has 9 nitrogen and oxygen atoms in total. The van der Waals surface area contributed by atoms with Crippen LogP contribution in [0.2, 0.25) is 5.02 Å². The minimum Gasteiger partial charge on any atom is -0.493 e. The van der Waals surface area contributed by atoms with E-state index in [9.17, 15) is 4.79 Å². The van der Waals surface area contributed by atoms with Crippen molar-refractivity contribution in [1.29, 1.82) is 0 Å². The van der Waals surface area contributed by atoms with Crippen LogP contribution in [0.1, 0.15) is 24.1 Å². The van der Waals surface area contributed by atoms with Gasteiger partial charge in [-0.3, -0.25) is 4.79 Å². The van der Waals surface area contributed by atoms with Gasteiger partial charge >= 0.3 is 0 Å². The number of nitrogens with zero attached hydrogens (tertiary/aromatic N) is 4. The number of rotatable bonds is 6. The Balaban J connectivity index is 1.66. The highest BCUT2D eigenvalue weighted by molar-refractivity contribution is 6.30. The molecule has 0 radical (unpaired) electrons. The topological polar surface area (TPSA) is 117 Å². The highest BCUT2D eigenvalue weighted by Gasteiger charge is 2.33. The fraction of sp³-hybridized carbons (Fsp3) is 0.200. The molecule has 1 aliphatic rings. The van der Waals surface area contributed by atoms with Gasteiger partial charge in [-0.2, -0.15) is 4.68 Å². The molecule has 1 atom stereocenters. The lowest BCUT2D eigenvalue weighted by Gasteiger charge is -2.27. The molecule has 1 unspecified atom stereocenters. The summed E-state index contributed by atoms with van der Waals surface area (Å²) < 4.78 is 12.9. The summed E-state index contributed by atoms with van der Waals surface area (Å²) in [5, 5.41) is 15.3. The minimum atomic E-state index is -0.590. The van der Waals surface area contributed by atoms with Crippen LogP contribution in [0.4, 0.5) is 5.95 Å². The van der Waals surface area contributed by atoms with Gasteiger partial charge in [-0.15, -0.1) is 0 Å². The number of halogens is 1. The number of anilines is 1. The third-order valence-electron chi connectivity index (χ3n) is 4.79. The molecule has 0 saturated heterocycles. The number of benzene rings is 2. The van der Waals surface area contributed by atoms with Gasteiger partial charge in [-0.25, -0.2) is 0 Å². The first-order valence-electron chi connectivity index (χ1n) is 9.08. The standard InChI is InChI=1S/C20H19ClN6O3/c1-11-17(19(22)28)18(27-20(23-11)24-25-26-27)13-5-8-15(16(9-13)29-2)30-10-12-3-6-14(21)7-4-12/h3-9,18H,10H2,1-2H3,(H2,22,28)(H,23,24,26). The smallest absolute Gasteiger partial charge is 0.248 e. The number of methoxy groups -OCH3 is 1. The number of primary amides is 1. The van der Waals surface area contributed by atoms with Crippen LogP contribution in [-0.4, -0.2) is 33.2 Å².